The predicted octanol–water partition coefficient (Wildman–Crippen LogP) is 12.7. The summed E-state index contributed by atoms with van der Waals surface area (Å²) >= 11 is 2.32. The summed E-state index contributed by atoms with van der Waals surface area (Å²) in [6.07, 6.45) is 0.486. The Kier molecular flexibility index (Phi) is 30.3. The molecule has 7 aliphatic rings. The molecule has 2 aromatic heterocycles. The molecule has 26 heteroatoms. The van der Waals surface area contributed by atoms with E-state index >= 15 is 0 Å². The number of nitrogens with one attached hydrogen (secondary N) is 4. The molecule has 6 N–H and O–H groups in total. The maximum atomic E-state index is 12.9. The molecule has 18 nitrogen and oxygen atoms in total. The number of ether oxygens (including phenoxy) is 2. The number of aliphatic hydroxyl groups is 2. The number of alkyl halides is 3. The fourth-order valence-electron chi connectivity index (χ4n) is 12.1. The van der Waals surface area contributed by atoms with Crippen molar-refractivity contribution in [2.75, 3.05) is 110 Å². The van der Waals surface area contributed by atoms with Crippen LogP contribution < -0.4 is 36.5 Å². The van der Waals surface area contributed by atoms with Gasteiger partial charge < -0.3 is 69.9 Å². The van der Waals surface area contributed by atoms with E-state index in [9.17, 15) is 33.0 Å². The van der Waals surface area contributed by atoms with E-state index in [1.165, 1.54) is 8.47 Å². The normalized spacial score (nSPS) is 24.4. The van der Waals surface area contributed by atoms with Crippen molar-refractivity contribution in [3.8, 4) is 11.1 Å². The number of likely N-dealkylation sites (tertiary alicyclic amines) is 2. The molecular weight excluding hydrogens is 1340 g/mol. The monoisotopic (exact) mass is 1440 g/mol. The third kappa shape index (κ3) is 22.0. The van der Waals surface area contributed by atoms with Crippen molar-refractivity contribution in [3.05, 3.63) is 75.4 Å². The van der Waals surface area contributed by atoms with E-state index in [0.717, 1.165) is 135 Å². The van der Waals surface area contributed by atoms with Gasteiger partial charge in [0.15, 0.2) is 0 Å². The number of aryl methyl sites for hydroxylation is 2. The minimum Gasteiger partial charge on any atom is -0.399 e. The molecule has 0 radical (unpaired) electrons. The van der Waals surface area contributed by atoms with Crippen LogP contribution in [0.1, 0.15) is 133 Å². The summed E-state index contributed by atoms with van der Waals surface area (Å²) in [5.74, 6) is 3.70. The first-order chi connectivity index (χ1) is 40.1. The summed E-state index contributed by atoms with van der Waals surface area (Å²) in [4.78, 5) is 42.9. The molecule has 5 saturated heterocycles. The number of nitrogens with zero attached hydrogens (tertiary/aromatic N) is 6. The SMILES string of the molecule is C.C.C.CC1(O)CC(Nc2cc(I)cc(N3CCOCC3)n2)C1.CC[C@@H]1CCN(C(=O)Nc2ccc(C)c(-c3cc(NC4CC(C)(O)C4)nc(N4CCOCC4)c3)c2)C1.Cc1ccc(NC(=O)N2CC[C@@H](CC(F)(F)F)C2)cc1B1OC(C)(C)C(C)(C)O1.S.S.S. The molecule has 0 spiro atoms. The van der Waals surface area contributed by atoms with Gasteiger partial charge in [0.25, 0.3) is 0 Å². The molecule has 2 aliphatic carbocycles. The van der Waals surface area contributed by atoms with Crippen LogP contribution in [0.3, 0.4) is 0 Å². The minimum atomic E-state index is -4.20. The lowest BCUT2D eigenvalue weighted by Gasteiger charge is -2.41. The highest BCUT2D eigenvalue weighted by Gasteiger charge is 2.52. The van der Waals surface area contributed by atoms with Crippen LogP contribution in [0.2, 0.25) is 0 Å². The molecule has 2 atom stereocenters. The van der Waals surface area contributed by atoms with Crippen LogP contribution in [0.5, 0.6) is 0 Å². The molecule has 0 bridgehead atoms. The number of carbonyl (C=O) groups is 2. The zero-order chi connectivity index (χ0) is 61.1. The Bertz CT molecular complexity index is 2970. The Balaban J connectivity index is 0.000000357. The highest BCUT2D eigenvalue weighted by molar-refractivity contribution is 14.1. The van der Waals surface area contributed by atoms with Crippen LogP contribution in [0.4, 0.5) is 57.4 Å². The van der Waals surface area contributed by atoms with E-state index in [1.807, 2.05) is 65.5 Å². The van der Waals surface area contributed by atoms with Crippen molar-refractivity contribution >= 4 is 122 Å². The number of amides is 4. The number of hydrogen-bond acceptors (Lipinski definition) is 14. The van der Waals surface area contributed by atoms with Crippen molar-refractivity contribution in [1.82, 2.24) is 19.8 Å². The largest absolute Gasteiger partial charge is 0.495 e. The van der Waals surface area contributed by atoms with E-state index in [2.05, 4.69) is 104 Å². The van der Waals surface area contributed by atoms with E-state index in [-0.39, 0.29) is 81.4 Å². The Hall–Kier alpha value is -4.13. The van der Waals surface area contributed by atoms with Crippen molar-refractivity contribution in [2.45, 2.75) is 177 Å². The highest BCUT2D eigenvalue weighted by Crippen LogP contribution is 2.39. The van der Waals surface area contributed by atoms with E-state index < -0.39 is 54.1 Å². The average Bonchev–Trinajstić information content (AvgIpc) is 1.74. The fourth-order valence-corrected chi connectivity index (χ4v) is 12.6. The van der Waals surface area contributed by atoms with Crippen molar-refractivity contribution < 1.29 is 51.8 Å². The smallest absolute Gasteiger partial charge is 0.399 e. The van der Waals surface area contributed by atoms with Gasteiger partial charge in [0.2, 0.25) is 0 Å². The Morgan fingerprint density at radius 3 is 1.54 bits per heavy atom. The van der Waals surface area contributed by atoms with E-state index in [0.29, 0.717) is 56.7 Å². The number of carbonyl (C=O) groups excluding carboxylic acids is 2. The van der Waals surface area contributed by atoms with Crippen LogP contribution in [0, 0.1) is 29.3 Å². The Morgan fingerprint density at radius 2 is 1.08 bits per heavy atom. The maximum absolute atomic E-state index is 12.9. The number of pyridine rings is 2. The number of aromatic nitrogens is 2. The molecule has 2 saturated carbocycles. The lowest BCUT2D eigenvalue weighted by Crippen LogP contribution is -2.48. The van der Waals surface area contributed by atoms with Crippen molar-refractivity contribution in [1.29, 1.82) is 0 Å². The first kappa shape index (κ1) is 81.1. The van der Waals surface area contributed by atoms with Gasteiger partial charge in [0, 0.05) is 85.8 Å². The van der Waals surface area contributed by atoms with Gasteiger partial charge in [-0.2, -0.15) is 53.7 Å². The molecule has 512 valence electrons. The van der Waals surface area contributed by atoms with Crippen molar-refractivity contribution in [3.63, 3.8) is 0 Å². The predicted molar refractivity (Wildman–Crippen MR) is 389 cm³/mol. The summed E-state index contributed by atoms with van der Waals surface area (Å²) in [7, 11) is -0.556. The number of morpholine rings is 2. The second kappa shape index (κ2) is 34.0. The lowest BCUT2D eigenvalue weighted by atomic mass is 9.76. The Labute approximate surface area is 575 Å². The summed E-state index contributed by atoms with van der Waals surface area (Å²) < 4.78 is 62.0. The second-order valence-corrected chi connectivity index (χ2v) is 27.0. The average molecular weight is 1450 g/mol. The van der Waals surface area contributed by atoms with Gasteiger partial charge >= 0.3 is 25.4 Å². The quantitative estimate of drug-likeness (QED) is 0.0578. The minimum absolute atomic E-state index is 0. The molecule has 11 rings (SSSR count). The van der Waals surface area contributed by atoms with Gasteiger partial charge in [-0.25, -0.2) is 19.6 Å². The molecule has 91 heavy (non-hydrogen) atoms. The van der Waals surface area contributed by atoms with Gasteiger partial charge in [-0.1, -0.05) is 53.3 Å². The lowest BCUT2D eigenvalue weighted by molar-refractivity contribution is -0.143. The number of hydrogen-bond donors (Lipinski definition) is 6. The standard InChI is InChI=1S/C28H39N5O3.C20H28BF3N2O3.C14H20IN3O2.3CH4.3H2S/c1-4-20-7-8-33(18-20)27(34)30-22-6-5-19(2)24(15-22)21-13-25(29-23-16-28(3,35)17-23)31-26(14-21)32-9-11-36-12-10-32;1-13-6-7-15(10-16(13)21-28-18(2,3)19(4,5)29-21)25-17(27)26-9-8-14(12-26)11-20(22,23)24;1-14(19)8-11(9-14)16-12-6-10(15)7-13(17-12)18-2-4-20-5-3-18;;;;;;/h5-6,13-15,20,23,35H,4,7-12,16-18H2,1-3H3,(H,29,31)(H,30,34);6-7,10,14H,8-9,11-12H2,1-5H3,(H,25,27);6-7,11,19H,2-5,8-9H2,1H3,(H,16,17);3*1H4;3*1H2/t20-,23?,28?;14-;;;;;;;/m10......./s1. The topological polar surface area (TPSA) is 198 Å². The molecule has 2 aromatic carbocycles. The van der Waals surface area contributed by atoms with E-state index in [4.69, 9.17) is 28.8 Å². The molecule has 5 aliphatic heterocycles. The van der Waals surface area contributed by atoms with Gasteiger partial charge in [-0.3, -0.25) is 0 Å². The first-order valence-electron chi connectivity index (χ1n) is 30.2. The molecular formula is C65H105BF3IN10O8S3. The molecule has 4 amide bonds. The molecule has 0 unspecified atom stereocenters. The molecule has 7 fully saturated rings. The first-order valence-corrected chi connectivity index (χ1v) is 31.3. The van der Waals surface area contributed by atoms with Gasteiger partial charge in [0.1, 0.15) is 23.3 Å². The maximum Gasteiger partial charge on any atom is 0.495 e. The zero-order valence-electron chi connectivity index (χ0n) is 52.3. The number of urea groups is 2. The summed E-state index contributed by atoms with van der Waals surface area (Å²) in [6, 6.07) is 20.0. The summed E-state index contributed by atoms with van der Waals surface area (Å²) in [5.41, 5.74) is 4.34. The molecule has 4 aromatic rings. The fraction of sp³-hybridized carbons (Fsp3) is 0.631. The van der Waals surface area contributed by atoms with E-state index in [1.54, 1.807) is 12.1 Å². The number of anilines is 6. The van der Waals surface area contributed by atoms with Crippen LogP contribution in [0.25, 0.3) is 11.1 Å². The van der Waals surface area contributed by atoms with Crippen LogP contribution in [0.15, 0.2) is 60.7 Å². The zero-order valence-corrected chi connectivity index (χ0v) is 57.5. The Morgan fingerprint density at radius 1 is 0.637 bits per heavy atom. The second-order valence-electron chi connectivity index (χ2n) is 25.8. The van der Waals surface area contributed by atoms with Gasteiger partial charge in [-0.05, 0) is 199 Å². The summed E-state index contributed by atoms with van der Waals surface area (Å²) in [6.45, 7) is 26.3. The third-order valence-corrected chi connectivity index (χ3v) is 18.4. The number of rotatable bonds is 12. The number of benzene rings is 2. The van der Waals surface area contributed by atoms with Crippen molar-refractivity contribution in [2.24, 2.45) is 11.8 Å². The summed E-state index contributed by atoms with van der Waals surface area (Å²) in [5, 5.41) is 32.8. The van der Waals surface area contributed by atoms with Crippen LogP contribution >= 0.6 is 63.1 Å². The van der Waals surface area contributed by atoms with Crippen LogP contribution in [-0.2, 0) is 18.8 Å². The van der Waals surface area contributed by atoms with Gasteiger partial charge in [0.05, 0.1) is 48.8 Å². The number of halogens is 4. The van der Waals surface area contributed by atoms with Crippen LogP contribution in [-0.4, -0.2) is 169 Å². The van der Waals surface area contributed by atoms with Gasteiger partial charge in [-0.15, -0.1) is 0 Å². The molecule has 7 heterocycles. The highest BCUT2D eigenvalue weighted by atomic mass is 127. The third-order valence-electron chi connectivity index (χ3n) is 17.8.